The highest BCUT2D eigenvalue weighted by Gasteiger charge is 2.14. The van der Waals surface area contributed by atoms with Gasteiger partial charge in [-0.1, -0.05) is 17.7 Å². The van der Waals surface area contributed by atoms with E-state index in [2.05, 4.69) is 21.2 Å². The Kier molecular flexibility index (Phi) is 5.23. The van der Waals surface area contributed by atoms with Crippen LogP contribution in [0.25, 0.3) is 0 Å². The van der Waals surface area contributed by atoms with Crippen molar-refractivity contribution in [1.82, 2.24) is 10.9 Å². The lowest BCUT2D eigenvalue weighted by Crippen LogP contribution is -2.56. The van der Waals surface area contributed by atoms with E-state index in [4.69, 9.17) is 11.6 Å². The number of nitrogens with zero attached hydrogens (tertiary/aromatic N) is 1. The van der Waals surface area contributed by atoms with Crippen LogP contribution in [0.3, 0.4) is 0 Å². The standard InChI is InChI=1S/C17H14ClN5O3/c18-12-4-1-11(14(8-12)23-26)7-15(24)20-13-5-2-10(3-6-13)17-19-9-16(25)21-22-17/h1-6,8H,7,9H2,(H,19,22)(H,20,24)(H,21,25)/p+1. The zero-order chi connectivity index (χ0) is 18.5. The van der Waals surface area contributed by atoms with E-state index in [9.17, 15) is 14.5 Å². The minimum atomic E-state index is -0.267. The summed E-state index contributed by atoms with van der Waals surface area (Å²) in [5, 5.41) is 4.97. The zero-order valence-electron chi connectivity index (χ0n) is 13.5. The second-order valence-electron chi connectivity index (χ2n) is 5.54. The molecule has 0 aliphatic carbocycles. The van der Waals surface area contributed by atoms with Crippen LogP contribution in [0.15, 0.2) is 47.5 Å². The minimum absolute atomic E-state index is 0.0315. The highest BCUT2D eigenvalue weighted by Crippen LogP contribution is 2.18. The molecular weight excluding hydrogens is 358 g/mol. The number of rotatable bonds is 5. The summed E-state index contributed by atoms with van der Waals surface area (Å²) in [7, 11) is 0. The maximum Gasteiger partial charge on any atom is 0.260 e. The van der Waals surface area contributed by atoms with Gasteiger partial charge in [-0.25, -0.2) is 0 Å². The van der Waals surface area contributed by atoms with Gasteiger partial charge in [-0.15, -0.1) is 0 Å². The molecule has 3 rings (SSSR count). The fourth-order valence-electron chi connectivity index (χ4n) is 2.41. The van der Waals surface area contributed by atoms with Crippen LogP contribution < -0.4 is 21.3 Å². The first-order chi connectivity index (χ1) is 12.5. The molecule has 9 heteroatoms. The Labute approximate surface area is 153 Å². The van der Waals surface area contributed by atoms with Crippen molar-refractivity contribution in [3.05, 3.63) is 63.5 Å². The Morgan fingerprint density at radius 1 is 1.19 bits per heavy atom. The van der Waals surface area contributed by atoms with E-state index in [0.717, 1.165) is 5.56 Å². The number of hydrazine groups is 1. The first-order valence-electron chi connectivity index (χ1n) is 7.71. The highest BCUT2D eigenvalue weighted by molar-refractivity contribution is 6.30. The van der Waals surface area contributed by atoms with Gasteiger partial charge in [0, 0.05) is 38.0 Å². The summed E-state index contributed by atoms with van der Waals surface area (Å²) >= 11 is 5.83. The first kappa shape index (κ1) is 17.6. The Hall–Kier alpha value is -3.26. The maximum absolute atomic E-state index is 12.2. The molecule has 0 saturated carbocycles. The molecule has 26 heavy (non-hydrogen) atoms. The monoisotopic (exact) mass is 372 g/mol. The molecule has 0 atom stereocenters. The Balaban J connectivity index is 1.65. The number of aliphatic imine (C=N–C) groups is 1. The lowest BCUT2D eigenvalue weighted by Gasteiger charge is -2.15. The number of anilines is 1. The van der Waals surface area contributed by atoms with Crippen LogP contribution in [0.4, 0.5) is 11.4 Å². The van der Waals surface area contributed by atoms with Gasteiger partial charge in [0.05, 0.1) is 6.42 Å². The predicted octanol–water partition coefficient (Wildman–Crippen LogP) is 0.381. The summed E-state index contributed by atoms with van der Waals surface area (Å²) in [4.78, 5) is 38.4. The fourth-order valence-corrected chi connectivity index (χ4v) is 2.58. The number of nitrogens with one attached hydrogen (secondary N) is 4. The number of hydrogen-bond donors (Lipinski definition) is 4. The molecule has 1 aliphatic heterocycles. The molecule has 2 aromatic rings. The van der Waals surface area contributed by atoms with Crippen LogP contribution in [0.1, 0.15) is 11.1 Å². The molecule has 0 fully saturated rings. The van der Waals surface area contributed by atoms with Crippen molar-refractivity contribution in [1.29, 1.82) is 0 Å². The van der Waals surface area contributed by atoms with E-state index in [0.29, 0.717) is 22.1 Å². The van der Waals surface area contributed by atoms with Crippen molar-refractivity contribution >= 4 is 40.6 Å². The number of carbonyl (C=O) groups excluding carboxylic acids is 2. The van der Waals surface area contributed by atoms with Crippen LogP contribution in [-0.2, 0) is 16.0 Å². The van der Waals surface area contributed by atoms with E-state index >= 15 is 0 Å². The largest absolute Gasteiger partial charge is 0.326 e. The number of halogens is 1. The van der Waals surface area contributed by atoms with Crippen molar-refractivity contribution in [2.45, 2.75) is 6.42 Å². The molecule has 0 unspecified atom stereocenters. The zero-order valence-corrected chi connectivity index (χ0v) is 14.3. The second-order valence-corrected chi connectivity index (χ2v) is 5.98. The van der Waals surface area contributed by atoms with E-state index in [1.165, 1.54) is 6.07 Å². The average molecular weight is 373 g/mol. The predicted molar refractivity (Wildman–Crippen MR) is 96.9 cm³/mol. The summed E-state index contributed by atoms with van der Waals surface area (Å²) < 4.78 is 0. The molecule has 2 aromatic carbocycles. The summed E-state index contributed by atoms with van der Waals surface area (Å²) in [6, 6.07) is 11.7. The van der Waals surface area contributed by atoms with Crippen LogP contribution in [0.5, 0.6) is 0 Å². The highest BCUT2D eigenvalue weighted by atomic mass is 35.5. The molecule has 1 aliphatic rings. The SMILES string of the molecule is O=[NH+]c1cc(Cl)ccc1CC(=O)Nc1ccc(C2=NCC(=O)NN2)cc1. The molecule has 132 valence electrons. The topological polar surface area (TPSA) is 114 Å². The van der Waals surface area contributed by atoms with Crippen LogP contribution in [0.2, 0.25) is 5.02 Å². The molecule has 0 saturated heterocycles. The van der Waals surface area contributed by atoms with Gasteiger partial charge in [-0.3, -0.25) is 25.4 Å². The molecule has 4 N–H and O–H groups in total. The molecular formula is C17H15ClN5O3+. The van der Waals surface area contributed by atoms with Crippen LogP contribution >= 0.6 is 11.6 Å². The third-order valence-electron chi connectivity index (χ3n) is 3.68. The van der Waals surface area contributed by atoms with Gasteiger partial charge in [0.25, 0.3) is 11.6 Å². The summed E-state index contributed by atoms with van der Waals surface area (Å²) in [6.07, 6.45) is 0.0315. The fraction of sp³-hybridized carbons (Fsp3) is 0.118. The summed E-state index contributed by atoms with van der Waals surface area (Å²) in [5.41, 5.74) is 7.40. The summed E-state index contributed by atoms with van der Waals surface area (Å²) in [5.74, 6) is 0.0820. The van der Waals surface area contributed by atoms with Crippen LogP contribution in [-0.4, -0.2) is 24.2 Å². The first-order valence-corrected chi connectivity index (χ1v) is 8.09. The van der Waals surface area contributed by atoms with Gasteiger partial charge in [0.2, 0.25) is 5.91 Å². The number of amidine groups is 1. The van der Waals surface area contributed by atoms with Crippen molar-refractivity contribution in [3.63, 3.8) is 0 Å². The number of amides is 2. The molecule has 1 heterocycles. The molecule has 2 amide bonds. The minimum Gasteiger partial charge on any atom is -0.326 e. The quantitative estimate of drug-likeness (QED) is 0.607. The molecule has 8 nitrogen and oxygen atoms in total. The second kappa shape index (κ2) is 7.75. The summed E-state index contributed by atoms with van der Waals surface area (Å²) in [6.45, 7) is 0.0675. The van der Waals surface area contributed by atoms with E-state index in [1.54, 1.807) is 41.6 Å². The Morgan fingerprint density at radius 2 is 1.96 bits per heavy atom. The molecule has 0 spiro atoms. The number of nitroso groups, excluding NO2 is 1. The van der Waals surface area contributed by atoms with Crippen LogP contribution in [0, 0.1) is 4.91 Å². The Bertz CT molecular complexity index is 896. The third kappa shape index (κ3) is 4.22. The normalized spacial score (nSPS) is 13.3. The van der Waals surface area contributed by atoms with Crippen molar-refractivity contribution in [2.24, 2.45) is 4.99 Å². The van der Waals surface area contributed by atoms with Crippen molar-refractivity contribution in [2.75, 3.05) is 11.9 Å². The maximum atomic E-state index is 12.2. The molecule has 0 bridgehead atoms. The van der Waals surface area contributed by atoms with Gasteiger partial charge in [-0.05, 0) is 30.3 Å². The number of hydrogen-bond acceptors (Lipinski definition) is 5. The van der Waals surface area contributed by atoms with Gasteiger partial charge in [0.15, 0.2) is 0 Å². The lowest BCUT2D eigenvalue weighted by molar-refractivity contribution is -0.380. The van der Waals surface area contributed by atoms with Gasteiger partial charge >= 0.3 is 0 Å². The number of benzene rings is 2. The third-order valence-corrected chi connectivity index (χ3v) is 3.91. The van der Waals surface area contributed by atoms with Crippen molar-refractivity contribution in [3.8, 4) is 0 Å². The molecule has 0 radical (unpaired) electrons. The van der Waals surface area contributed by atoms with E-state index < -0.39 is 0 Å². The van der Waals surface area contributed by atoms with Gasteiger partial charge < -0.3 is 5.32 Å². The van der Waals surface area contributed by atoms with E-state index in [1.807, 2.05) is 0 Å². The smallest absolute Gasteiger partial charge is 0.260 e. The number of carbonyl (C=O) groups is 2. The van der Waals surface area contributed by atoms with Gasteiger partial charge in [0.1, 0.15) is 12.4 Å². The Morgan fingerprint density at radius 3 is 2.62 bits per heavy atom. The van der Waals surface area contributed by atoms with Crippen molar-refractivity contribution < 1.29 is 14.8 Å². The molecule has 0 aromatic heterocycles. The lowest BCUT2D eigenvalue weighted by atomic mass is 10.1. The average Bonchev–Trinajstić information content (AvgIpc) is 2.64. The van der Waals surface area contributed by atoms with Gasteiger partial charge in [-0.2, -0.15) is 0 Å². The van der Waals surface area contributed by atoms with E-state index in [-0.39, 0.29) is 30.5 Å².